The van der Waals surface area contributed by atoms with Crippen molar-refractivity contribution in [1.29, 1.82) is 0 Å². The van der Waals surface area contributed by atoms with Crippen LogP contribution in [-0.4, -0.2) is 40.1 Å². The SMILES string of the molecule is C/C=C/C(=O)N1CCN(I)CC1. The monoisotopic (exact) mass is 280 g/mol. The summed E-state index contributed by atoms with van der Waals surface area (Å²) >= 11 is 2.29. The zero-order valence-corrected chi connectivity index (χ0v) is 9.32. The van der Waals surface area contributed by atoms with Crippen LogP contribution in [0, 0.1) is 0 Å². The third-order valence-electron chi connectivity index (χ3n) is 1.85. The van der Waals surface area contributed by atoms with Crippen LogP contribution in [0.5, 0.6) is 0 Å². The molecule has 0 spiro atoms. The van der Waals surface area contributed by atoms with Crippen molar-refractivity contribution in [3.8, 4) is 0 Å². The molecule has 3 nitrogen and oxygen atoms in total. The Bertz CT molecular complexity index is 185. The van der Waals surface area contributed by atoms with E-state index in [-0.39, 0.29) is 5.91 Å². The maximum atomic E-state index is 11.3. The van der Waals surface area contributed by atoms with E-state index in [1.165, 1.54) is 0 Å². The fraction of sp³-hybridized carbons (Fsp3) is 0.625. The number of nitrogens with zero attached hydrogens (tertiary/aromatic N) is 2. The number of halogens is 1. The minimum absolute atomic E-state index is 0.141. The largest absolute Gasteiger partial charge is 0.337 e. The minimum Gasteiger partial charge on any atom is -0.337 e. The van der Waals surface area contributed by atoms with Gasteiger partial charge in [0.05, 0.1) is 0 Å². The lowest BCUT2D eigenvalue weighted by molar-refractivity contribution is -0.127. The first-order chi connectivity index (χ1) is 5.74. The molecule has 1 heterocycles. The number of allylic oxidation sites excluding steroid dienone is 1. The number of rotatable bonds is 1. The standard InChI is InChI=1S/C8H13IN2O/c1-2-3-8(12)10-4-6-11(9)7-5-10/h2-3H,4-7H2,1H3/b3-2+. The molecule has 0 atom stereocenters. The second-order valence-corrected chi connectivity index (χ2v) is 4.10. The van der Waals surface area contributed by atoms with E-state index in [9.17, 15) is 4.79 Å². The molecule has 1 saturated heterocycles. The molecule has 1 aliphatic heterocycles. The normalized spacial score (nSPS) is 20.3. The van der Waals surface area contributed by atoms with Crippen LogP contribution in [0.2, 0.25) is 0 Å². The first kappa shape index (κ1) is 9.98. The maximum absolute atomic E-state index is 11.3. The second kappa shape index (κ2) is 4.81. The fourth-order valence-corrected chi connectivity index (χ4v) is 1.58. The topological polar surface area (TPSA) is 23.6 Å². The predicted molar refractivity (Wildman–Crippen MR) is 57.0 cm³/mol. The summed E-state index contributed by atoms with van der Waals surface area (Å²) in [5.74, 6) is 0.141. The Hall–Kier alpha value is -0.100. The van der Waals surface area contributed by atoms with Crippen LogP contribution in [0.3, 0.4) is 0 Å². The van der Waals surface area contributed by atoms with Crippen LogP contribution < -0.4 is 0 Å². The Balaban J connectivity index is 2.39. The van der Waals surface area contributed by atoms with Gasteiger partial charge in [0.2, 0.25) is 5.91 Å². The van der Waals surface area contributed by atoms with Gasteiger partial charge in [-0.15, -0.1) is 0 Å². The molecule has 4 heteroatoms. The average molecular weight is 280 g/mol. The summed E-state index contributed by atoms with van der Waals surface area (Å²) in [6, 6.07) is 0. The molecular formula is C8H13IN2O. The first-order valence-corrected chi connectivity index (χ1v) is 5.03. The number of carbonyl (C=O) groups excluding carboxylic acids is 1. The summed E-state index contributed by atoms with van der Waals surface area (Å²) in [4.78, 5) is 13.2. The molecule has 68 valence electrons. The van der Waals surface area contributed by atoms with Gasteiger partial charge < -0.3 is 4.90 Å². The van der Waals surface area contributed by atoms with E-state index in [0.29, 0.717) is 0 Å². The van der Waals surface area contributed by atoms with Crippen molar-refractivity contribution in [2.24, 2.45) is 0 Å². The van der Waals surface area contributed by atoms with E-state index in [1.807, 2.05) is 11.8 Å². The van der Waals surface area contributed by atoms with E-state index in [1.54, 1.807) is 12.2 Å². The van der Waals surface area contributed by atoms with E-state index in [2.05, 4.69) is 26.0 Å². The van der Waals surface area contributed by atoms with Crippen molar-refractivity contribution in [3.63, 3.8) is 0 Å². The molecule has 0 N–H and O–H groups in total. The van der Waals surface area contributed by atoms with Crippen LogP contribution in [0.4, 0.5) is 0 Å². The van der Waals surface area contributed by atoms with Crippen LogP contribution in [0.1, 0.15) is 6.92 Å². The van der Waals surface area contributed by atoms with Gasteiger partial charge in [0.15, 0.2) is 0 Å². The zero-order valence-electron chi connectivity index (χ0n) is 7.16. The van der Waals surface area contributed by atoms with Gasteiger partial charge in [0.1, 0.15) is 0 Å². The van der Waals surface area contributed by atoms with Crippen molar-refractivity contribution in [2.45, 2.75) is 6.92 Å². The third-order valence-corrected chi connectivity index (χ3v) is 2.81. The molecule has 0 bridgehead atoms. The number of carbonyl (C=O) groups is 1. The summed E-state index contributed by atoms with van der Waals surface area (Å²) in [5.41, 5.74) is 0. The van der Waals surface area contributed by atoms with Gasteiger partial charge in [-0.05, 0) is 13.0 Å². The van der Waals surface area contributed by atoms with E-state index in [4.69, 9.17) is 0 Å². The molecule has 1 aliphatic rings. The van der Waals surface area contributed by atoms with Crippen molar-refractivity contribution in [3.05, 3.63) is 12.2 Å². The highest BCUT2D eigenvalue weighted by Gasteiger charge is 2.17. The van der Waals surface area contributed by atoms with Gasteiger partial charge in [-0.3, -0.25) is 4.79 Å². The molecule has 0 saturated carbocycles. The highest BCUT2D eigenvalue weighted by Crippen LogP contribution is 2.06. The van der Waals surface area contributed by atoms with E-state index >= 15 is 0 Å². The zero-order chi connectivity index (χ0) is 8.97. The van der Waals surface area contributed by atoms with Crippen molar-refractivity contribution >= 4 is 28.8 Å². The van der Waals surface area contributed by atoms with Gasteiger partial charge in [-0.1, -0.05) is 6.08 Å². The predicted octanol–water partition coefficient (Wildman–Crippen LogP) is 1.06. The number of amides is 1. The van der Waals surface area contributed by atoms with Crippen LogP contribution in [0.25, 0.3) is 0 Å². The van der Waals surface area contributed by atoms with Crippen molar-refractivity contribution < 1.29 is 4.79 Å². The number of piperazine rings is 1. The lowest BCUT2D eigenvalue weighted by atomic mass is 10.3. The molecule has 0 unspecified atom stereocenters. The van der Waals surface area contributed by atoms with Crippen LogP contribution in [0.15, 0.2) is 12.2 Å². The Morgan fingerprint density at radius 1 is 1.33 bits per heavy atom. The maximum Gasteiger partial charge on any atom is 0.246 e. The summed E-state index contributed by atoms with van der Waals surface area (Å²) in [7, 11) is 0. The van der Waals surface area contributed by atoms with Crippen molar-refractivity contribution in [1.82, 2.24) is 8.01 Å². The molecule has 12 heavy (non-hydrogen) atoms. The summed E-state index contributed by atoms with van der Waals surface area (Å²) < 4.78 is 2.21. The molecule has 1 rings (SSSR count). The van der Waals surface area contributed by atoms with Gasteiger partial charge in [0.25, 0.3) is 0 Å². The molecule has 0 aromatic carbocycles. The second-order valence-electron chi connectivity index (χ2n) is 2.74. The smallest absolute Gasteiger partial charge is 0.246 e. The van der Waals surface area contributed by atoms with Gasteiger partial charge in [-0.2, -0.15) is 0 Å². The Labute approximate surface area is 86.9 Å². The third kappa shape index (κ3) is 2.75. The minimum atomic E-state index is 0.141. The quantitative estimate of drug-likeness (QED) is 0.407. The fourth-order valence-electron chi connectivity index (χ4n) is 1.15. The molecule has 0 aliphatic carbocycles. The summed E-state index contributed by atoms with van der Waals surface area (Å²) in [5, 5.41) is 0. The Kier molecular flexibility index (Phi) is 4.00. The number of hydrogen-bond donors (Lipinski definition) is 0. The molecule has 1 fully saturated rings. The summed E-state index contributed by atoms with van der Waals surface area (Å²) in [6.07, 6.45) is 3.42. The molecular weight excluding hydrogens is 267 g/mol. The molecule has 0 aromatic rings. The first-order valence-electron chi connectivity index (χ1n) is 4.06. The average Bonchev–Trinajstić information content (AvgIpc) is 2.06. The highest BCUT2D eigenvalue weighted by molar-refractivity contribution is 14.1. The lowest BCUT2D eigenvalue weighted by Gasteiger charge is -2.30. The molecule has 0 radical (unpaired) electrons. The van der Waals surface area contributed by atoms with Crippen LogP contribution in [-0.2, 0) is 4.79 Å². The van der Waals surface area contributed by atoms with E-state index in [0.717, 1.165) is 26.2 Å². The lowest BCUT2D eigenvalue weighted by Crippen LogP contribution is -2.44. The Morgan fingerprint density at radius 2 is 1.92 bits per heavy atom. The van der Waals surface area contributed by atoms with Gasteiger partial charge >= 0.3 is 0 Å². The van der Waals surface area contributed by atoms with Crippen molar-refractivity contribution in [2.75, 3.05) is 26.2 Å². The molecule has 0 aromatic heterocycles. The van der Waals surface area contributed by atoms with Gasteiger partial charge in [0, 0.05) is 49.0 Å². The number of hydrogen-bond acceptors (Lipinski definition) is 2. The highest BCUT2D eigenvalue weighted by atomic mass is 127. The Morgan fingerprint density at radius 3 is 2.42 bits per heavy atom. The molecule has 1 amide bonds. The summed E-state index contributed by atoms with van der Waals surface area (Å²) in [6.45, 7) is 5.53. The van der Waals surface area contributed by atoms with Crippen LogP contribution >= 0.6 is 22.9 Å². The van der Waals surface area contributed by atoms with Gasteiger partial charge in [-0.25, -0.2) is 3.11 Å². The van der Waals surface area contributed by atoms with E-state index < -0.39 is 0 Å².